The van der Waals surface area contributed by atoms with E-state index in [0.29, 0.717) is 12.2 Å². The van der Waals surface area contributed by atoms with Gasteiger partial charge in [-0.15, -0.1) is 0 Å². The molecule has 6 nitrogen and oxygen atoms in total. The van der Waals surface area contributed by atoms with E-state index in [0.717, 1.165) is 36.6 Å². The molecular weight excluding hydrogens is 304 g/mol. The lowest BCUT2D eigenvalue weighted by Gasteiger charge is -2.14. The fraction of sp³-hybridized carbons (Fsp3) is 0.444. The molecule has 2 aromatic rings. The predicted octanol–water partition coefficient (Wildman–Crippen LogP) is 1.92. The molecule has 0 spiro atoms. The third kappa shape index (κ3) is 3.76. The van der Waals surface area contributed by atoms with Crippen LogP contribution in [0.5, 0.6) is 5.75 Å². The quantitative estimate of drug-likeness (QED) is 0.880. The minimum Gasteiger partial charge on any atom is -0.497 e. The Morgan fingerprint density at radius 3 is 2.62 bits per heavy atom. The zero-order valence-electron chi connectivity index (χ0n) is 14.3. The van der Waals surface area contributed by atoms with Gasteiger partial charge in [-0.3, -0.25) is 9.48 Å². The van der Waals surface area contributed by atoms with E-state index in [4.69, 9.17) is 4.74 Å². The number of likely N-dealkylation sites (tertiary alicyclic amines) is 1. The van der Waals surface area contributed by atoms with Crippen LogP contribution in [0.3, 0.4) is 0 Å². The summed E-state index contributed by atoms with van der Waals surface area (Å²) in [4.78, 5) is 14.8. The van der Waals surface area contributed by atoms with Crippen molar-refractivity contribution in [3.05, 3.63) is 36.0 Å². The highest BCUT2D eigenvalue weighted by Gasteiger charge is 2.15. The average Bonchev–Trinajstić information content (AvgIpc) is 3.24. The van der Waals surface area contributed by atoms with Gasteiger partial charge in [0.1, 0.15) is 11.4 Å². The van der Waals surface area contributed by atoms with Crippen LogP contribution >= 0.6 is 0 Å². The lowest BCUT2D eigenvalue weighted by atomic mass is 10.1. The van der Waals surface area contributed by atoms with E-state index in [-0.39, 0.29) is 5.91 Å². The number of aryl methyl sites for hydroxylation is 1. The summed E-state index contributed by atoms with van der Waals surface area (Å²) in [5.74, 6) is 0.721. The van der Waals surface area contributed by atoms with Crippen molar-refractivity contribution in [3.63, 3.8) is 0 Å². The van der Waals surface area contributed by atoms with Crippen LogP contribution < -0.4 is 10.1 Å². The molecule has 0 bridgehead atoms. The molecule has 1 amide bonds. The molecular formula is C18H24N4O2. The van der Waals surface area contributed by atoms with Crippen molar-refractivity contribution < 1.29 is 9.53 Å². The number of carbonyl (C=O) groups excluding carboxylic acids is 1. The van der Waals surface area contributed by atoms with Gasteiger partial charge in [-0.1, -0.05) is 0 Å². The molecule has 1 N–H and O–H groups in total. The first-order valence-electron chi connectivity index (χ1n) is 8.36. The lowest BCUT2D eigenvalue weighted by Crippen LogP contribution is -2.34. The van der Waals surface area contributed by atoms with Crippen molar-refractivity contribution in [2.24, 2.45) is 7.05 Å². The topological polar surface area (TPSA) is 59.4 Å². The molecule has 6 heteroatoms. The molecule has 0 aliphatic carbocycles. The van der Waals surface area contributed by atoms with Crippen LogP contribution in [-0.2, 0) is 7.05 Å². The van der Waals surface area contributed by atoms with E-state index >= 15 is 0 Å². The SMILES string of the molecule is COc1ccc(-c2cc(C(=O)NCCN3CCCC3)n(C)n2)cc1. The monoisotopic (exact) mass is 328 g/mol. The van der Waals surface area contributed by atoms with E-state index in [2.05, 4.69) is 15.3 Å². The first kappa shape index (κ1) is 16.5. The summed E-state index contributed by atoms with van der Waals surface area (Å²) < 4.78 is 6.79. The Labute approximate surface area is 142 Å². The summed E-state index contributed by atoms with van der Waals surface area (Å²) in [7, 11) is 3.43. The number of hydrogen-bond donors (Lipinski definition) is 1. The molecule has 1 aliphatic heterocycles. The molecule has 0 unspecified atom stereocenters. The normalized spacial score (nSPS) is 14.8. The van der Waals surface area contributed by atoms with Gasteiger partial charge >= 0.3 is 0 Å². The second-order valence-corrected chi connectivity index (χ2v) is 6.07. The second-order valence-electron chi connectivity index (χ2n) is 6.07. The Bertz CT molecular complexity index is 688. The Kier molecular flexibility index (Phi) is 5.15. The van der Waals surface area contributed by atoms with Crippen molar-refractivity contribution >= 4 is 5.91 Å². The summed E-state index contributed by atoms with van der Waals surface area (Å²) in [6.07, 6.45) is 2.53. The maximum atomic E-state index is 12.4. The summed E-state index contributed by atoms with van der Waals surface area (Å²) >= 11 is 0. The number of hydrogen-bond acceptors (Lipinski definition) is 4. The third-order valence-corrected chi connectivity index (χ3v) is 4.41. The molecule has 0 saturated carbocycles. The summed E-state index contributed by atoms with van der Waals surface area (Å²) in [6, 6.07) is 9.49. The van der Waals surface area contributed by atoms with Crippen molar-refractivity contribution in [1.29, 1.82) is 0 Å². The van der Waals surface area contributed by atoms with Crippen LogP contribution in [0.2, 0.25) is 0 Å². The number of ether oxygens (including phenoxy) is 1. The number of carbonyl (C=O) groups is 1. The Morgan fingerprint density at radius 2 is 1.96 bits per heavy atom. The van der Waals surface area contributed by atoms with Crippen LogP contribution in [0.25, 0.3) is 11.3 Å². The Morgan fingerprint density at radius 1 is 1.25 bits per heavy atom. The number of rotatable bonds is 6. The fourth-order valence-corrected chi connectivity index (χ4v) is 3.01. The van der Waals surface area contributed by atoms with Gasteiger partial charge in [0.25, 0.3) is 5.91 Å². The first-order valence-corrected chi connectivity index (χ1v) is 8.36. The smallest absolute Gasteiger partial charge is 0.269 e. The predicted molar refractivity (Wildman–Crippen MR) is 93.2 cm³/mol. The van der Waals surface area contributed by atoms with Crippen molar-refractivity contribution in [3.8, 4) is 17.0 Å². The third-order valence-electron chi connectivity index (χ3n) is 4.41. The minimum atomic E-state index is -0.0797. The van der Waals surface area contributed by atoms with Crippen molar-refractivity contribution in [1.82, 2.24) is 20.0 Å². The molecule has 1 fully saturated rings. The molecule has 2 heterocycles. The van der Waals surface area contributed by atoms with E-state index in [9.17, 15) is 4.79 Å². The Hall–Kier alpha value is -2.34. The van der Waals surface area contributed by atoms with Crippen LogP contribution in [-0.4, -0.2) is 53.9 Å². The molecule has 128 valence electrons. The van der Waals surface area contributed by atoms with Gasteiger partial charge in [0, 0.05) is 25.7 Å². The molecule has 1 aliphatic rings. The van der Waals surface area contributed by atoms with E-state index < -0.39 is 0 Å². The largest absolute Gasteiger partial charge is 0.497 e. The maximum absolute atomic E-state index is 12.4. The Balaban J connectivity index is 1.62. The zero-order valence-corrected chi connectivity index (χ0v) is 14.3. The van der Waals surface area contributed by atoms with Crippen molar-refractivity contribution in [2.45, 2.75) is 12.8 Å². The van der Waals surface area contributed by atoms with E-state index in [1.165, 1.54) is 12.8 Å². The molecule has 1 aromatic heterocycles. The standard InChI is InChI=1S/C18H24N4O2/c1-21-17(18(23)19-9-12-22-10-3-4-11-22)13-16(20-21)14-5-7-15(24-2)8-6-14/h5-8,13H,3-4,9-12H2,1-2H3,(H,19,23). The summed E-state index contributed by atoms with van der Waals surface area (Å²) in [5, 5.41) is 7.44. The van der Waals surface area contributed by atoms with Crippen molar-refractivity contribution in [2.75, 3.05) is 33.3 Å². The summed E-state index contributed by atoms with van der Waals surface area (Å²) in [6.45, 7) is 3.86. The van der Waals surface area contributed by atoms with Gasteiger partial charge in [0.05, 0.1) is 12.8 Å². The second kappa shape index (κ2) is 7.49. The van der Waals surface area contributed by atoms with Gasteiger partial charge < -0.3 is 15.0 Å². The highest BCUT2D eigenvalue weighted by Crippen LogP contribution is 2.21. The highest BCUT2D eigenvalue weighted by atomic mass is 16.5. The molecule has 0 radical (unpaired) electrons. The average molecular weight is 328 g/mol. The number of benzene rings is 1. The minimum absolute atomic E-state index is 0.0797. The van der Waals surface area contributed by atoms with Gasteiger partial charge in [-0.05, 0) is 56.3 Å². The van der Waals surface area contributed by atoms with Crippen LogP contribution in [0.15, 0.2) is 30.3 Å². The molecule has 0 atom stereocenters. The zero-order chi connectivity index (χ0) is 16.9. The van der Waals surface area contributed by atoms with Crippen LogP contribution in [0, 0.1) is 0 Å². The number of nitrogens with one attached hydrogen (secondary N) is 1. The molecule has 1 saturated heterocycles. The number of methoxy groups -OCH3 is 1. The highest BCUT2D eigenvalue weighted by molar-refractivity contribution is 5.93. The van der Waals surface area contributed by atoms with Gasteiger partial charge in [-0.25, -0.2) is 0 Å². The molecule has 3 rings (SSSR count). The first-order chi connectivity index (χ1) is 11.7. The number of aromatic nitrogens is 2. The fourth-order valence-electron chi connectivity index (χ4n) is 3.01. The number of nitrogens with zero attached hydrogens (tertiary/aromatic N) is 3. The lowest BCUT2D eigenvalue weighted by molar-refractivity contribution is 0.0940. The maximum Gasteiger partial charge on any atom is 0.269 e. The summed E-state index contributed by atoms with van der Waals surface area (Å²) in [5.41, 5.74) is 2.31. The van der Waals surface area contributed by atoms with Gasteiger partial charge in [-0.2, -0.15) is 5.10 Å². The van der Waals surface area contributed by atoms with E-state index in [1.54, 1.807) is 18.8 Å². The van der Waals surface area contributed by atoms with Gasteiger partial charge in [0.15, 0.2) is 0 Å². The molecule has 24 heavy (non-hydrogen) atoms. The van der Waals surface area contributed by atoms with Crippen LogP contribution in [0.1, 0.15) is 23.3 Å². The molecule has 1 aromatic carbocycles. The number of amides is 1. The van der Waals surface area contributed by atoms with Crippen LogP contribution in [0.4, 0.5) is 0 Å². The van der Waals surface area contributed by atoms with E-state index in [1.807, 2.05) is 30.3 Å². The van der Waals surface area contributed by atoms with Gasteiger partial charge in [0.2, 0.25) is 0 Å².